The summed E-state index contributed by atoms with van der Waals surface area (Å²) in [7, 11) is 3.19. The third kappa shape index (κ3) is 6.35. The monoisotopic (exact) mass is 523 g/mol. The van der Waals surface area contributed by atoms with Crippen molar-refractivity contribution in [3.8, 4) is 11.1 Å². The normalized spacial score (nSPS) is 15.7. The van der Waals surface area contributed by atoms with Gasteiger partial charge < -0.3 is 25.4 Å². The molecule has 0 aliphatic heterocycles. The highest BCUT2D eigenvalue weighted by molar-refractivity contribution is 5.86. The van der Waals surface area contributed by atoms with Crippen molar-refractivity contribution < 1.29 is 23.9 Å². The van der Waals surface area contributed by atoms with Crippen molar-refractivity contribution in [1.82, 2.24) is 10.2 Å². The van der Waals surface area contributed by atoms with Gasteiger partial charge in [0.25, 0.3) is 0 Å². The summed E-state index contributed by atoms with van der Waals surface area (Å²) in [5.74, 6) is -1.00. The van der Waals surface area contributed by atoms with Gasteiger partial charge in [0.15, 0.2) is 0 Å². The Balaban J connectivity index is 1.73. The number of rotatable bonds is 12. The first-order valence-corrected chi connectivity index (χ1v) is 13.3. The molecule has 206 valence electrons. The first-order valence-electron chi connectivity index (χ1n) is 13.3. The molecule has 0 bridgehead atoms. The Morgan fingerprint density at radius 2 is 1.55 bits per heavy atom. The largest absolute Gasteiger partial charge is 0.449 e. The van der Waals surface area contributed by atoms with Crippen LogP contribution < -0.4 is 11.1 Å². The molecule has 4 atom stereocenters. The fraction of sp³-hybridized carbons (Fsp3) is 0.500. The maximum atomic E-state index is 13.7. The average Bonchev–Trinajstić information content (AvgIpc) is 3.22. The van der Waals surface area contributed by atoms with Crippen LogP contribution >= 0.6 is 0 Å². The maximum absolute atomic E-state index is 13.7. The molecule has 2 aromatic carbocycles. The molecule has 0 saturated carbocycles. The molecule has 2 aromatic rings. The summed E-state index contributed by atoms with van der Waals surface area (Å²) in [6.07, 6.45) is -0.436. The highest BCUT2D eigenvalue weighted by Crippen LogP contribution is 2.44. The van der Waals surface area contributed by atoms with Gasteiger partial charge in [0, 0.05) is 20.1 Å². The van der Waals surface area contributed by atoms with E-state index in [1.54, 1.807) is 11.9 Å². The molecule has 0 aromatic heterocycles. The summed E-state index contributed by atoms with van der Waals surface area (Å²) in [4.78, 5) is 39.9. The van der Waals surface area contributed by atoms with Crippen LogP contribution in [0.4, 0.5) is 4.79 Å². The minimum Gasteiger partial charge on any atom is -0.449 e. The lowest BCUT2D eigenvalue weighted by Crippen LogP contribution is -2.57. The van der Waals surface area contributed by atoms with E-state index in [0.29, 0.717) is 0 Å². The minimum atomic E-state index is -0.812. The van der Waals surface area contributed by atoms with Crippen LogP contribution in [0.25, 0.3) is 11.1 Å². The molecular weight excluding hydrogens is 482 g/mol. The van der Waals surface area contributed by atoms with Crippen LogP contribution in [0.2, 0.25) is 0 Å². The predicted octanol–water partition coefficient (Wildman–Crippen LogP) is 4.31. The maximum Gasteiger partial charge on any atom is 0.407 e. The second kappa shape index (κ2) is 12.9. The molecule has 0 radical (unpaired) electrons. The SMILES string of the molecule is CC[C@H](C)[C@@H]([C@@H](CC(N)=O)OC)N(C)C(=O)[C@@H](NC(=O)OCC1c2ccccc2-c2ccccc21)C(C)C. The van der Waals surface area contributed by atoms with E-state index in [1.165, 1.54) is 7.11 Å². The Labute approximate surface area is 225 Å². The van der Waals surface area contributed by atoms with Crippen LogP contribution in [0.5, 0.6) is 0 Å². The molecule has 1 aliphatic rings. The second-order valence-electron chi connectivity index (χ2n) is 10.5. The highest BCUT2D eigenvalue weighted by Gasteiger charge is 2.37. The molecule has 0 fully saturated rings. The number of nitrogens with one attached hydrogen (secondary N) is 1. The lowest BCUT2D eigenvalue weighted by molar-refractivity contribution is -0.141. The molecule has 0 spiro atoms. The second-order valence-corrected chi connectivity index (χ2v) is 10.5. The number of methoxy groups -OCH3 is 1. The topological polar surface area (TPSA) is 111 Å². The van der Waals surface area contributed by atoms with E-state index in [9.17, 15) is 14.4 Å². The smallest absolute Gasteiger partial charge is 0.407 e. The molecule has 0 heterocycles. The van der Waals surface area contributed by atoms with E-state index in [-0.39, 0.29) is 36.7 Å². The molecule has 1 aliphatic carbocycles. The number of likely N-dealkylation sites (N-methyl/N-ethyl adjacent to an activating group) is 1. The van der Waals surface area contributed by atoms with E-state index in [4.69, 9.17) is 15.2 Å². The zero-order valence-electron chi connectivity index (χ0n) is 23.3. The summed E-state index contributed by atoms with van der Waals surface area (Å²) in [5, 5.41) is 2.79. The van der Waals surface area contributed by atoms with Gasteiger partial charge in [-0.05, 0) is 34.1 Å². The zero-order chi connectivity index (χ0) is 28.0. The van der Waals surface area contributed by atoms with Gasteiger partial charge in [-0.2, -0.15) is 0 Å². The zero-order valence-corrected chi connectivity index (χ0v) is 23.3. The van der Waals surface area contributed by atoms with Crippen molar-refractivity contribution >= 4 is 17.9 Å². The van der Waals surface area contributed by atoms with Gasteiger partial charge in [-0.3, -0.25) is 9.59 Å². The average molecular weight is 524 g/mol. The van der Waals surface area contributed by atoms with Crippen molar-refractivity contribution in [2.45, 2.75) is 64.6 Å². The van der Waals surface area contributed by atoms with E-state index < -0.39 is 30.2 Å². The first-order chi connectivity index (χ1) is 18.1. The molecule has 3 N–H and O–H groups in total. The first kappa shape index (κ1) is 29.2. The molecule has 0 saturated heterocycles. The van der Waals surface area contributed by atoms with Crippen LogP contribution in [0.1, 0.15) is 57.6 Å². The molecule has 3 rings (SSSR count). The summed E-state index contributed by atoms with van der Waals surface area (Å²) >= 11 is 0. The number of hydrogen-bond donors (Lipinski definition) is 2. The molecule has 8 heteroatoms. The van der Waals surface area contributed by atoms with Crippen molar-refractivity contribution in [1.29, 1.82) is 0 Å². The minimum absolute atomic E-state index is 0.00468. The van der Waals surface area contributed by atoms with E-state index in [2.05, 4.69) is 29.6 Å². The lowest BCUT2D eigenvalue weighted by atomic mass is 9.90. The predicted molar refractivity (Wildman–Crippen MR) is 147 cm³/mol. The van der Waals surface area contributed by atoms with Crippen molar-refractivity contribution in [3.63, 3.8) is 0 Å². The lowest BCUT2D eigenvalue weighted by Gasteiger charge is -2.39. The van der Waals surface area contributed by atoms with E-state index >= 15 is 0 Å². The standard InChI is InChI=1S/C30H41N3O5/c1-7-19(4)28(25(37-6)16-26(31)34)33(5)29(35)27(18(2)3)32-30(36)38-17-24-22-14-10-8-12-20(22)21-13-9-11-15-23(21)24/h8-15,18-19,24-25,27-28H,7,16-17H2,1-6H3,(H2,31,34)(H,32,36)/t19-,25+,27-,28-/m0/s1. The van der Waals surface area contributed by atoms with Gasteiger partial charge in [-0.1, -0.05) is 82.6 Å². The number of carbonyl (C=O) groups excluding carboxylic acids is 3. The van der Waals surface area contributed by atoms with Gasteiger partial charge in [0.1, 0.15) is 12.6 Å². The van der Waals surface area contributed by atoms with Crippen LogP contribution in [0.3, 0.4) is 0 Å². The summed E-state index contributed by atoms with van der Waals surface area (Å²) in [6.45, 7) is 7.92. The number of fused-ring (bicyclic) bond motifs is 3. The van der Waals surface area contributed by atoms with E-state index in [1.807, 2.05) is 52.0 Å². The summed E-state index contributed by atoms with van der Waals surface area (Å²) in [5.41, 5.74) is 9.98. The highest BCUT2D eigenvalue weighted by atomic mass is 16.5. The van der Waals surface area contributed by atoms with E-state index in [0.717, 1.165) is 28.7 Å². The van der Waals surface area contributed by atoms with Crippen molar-refractivity contribution in [3.05, 3.63) is 59.7 Å². The Morgan fingerprint density at radius 1 is 1.00 bits per heavy atom. The van der Waals surface area contributed by atoms with Gasteiger partial charge in [0.05, 0.1) is 18.6 Å². The molecular formula is C30H41N3O5. The third-order valence-electron chi connectivity index (χ3n) is 7.66. The molecule has 38 heavy (non-hydrogen) atoms. The van der Waals surface area contributed by atoms with Gasteiger partial charge in [0.2, 0.25) is 11.8 Å². The summed E-state index contributed by atoms with van der Waals surface area (Å²) in [6, 6.07) is 15.1. The Hall–Kier alpha value is -3.39. The van der Waals surface area contributed by atoms with Crippen LogP contribution in [-0.4, -0.2) is 61.8 Å². The number of ether oxygens (including phenoxy) is 2. The summed E-state index contributed by atoms with van der Waals surface area (Å²) < 4.78 is 11.3. The number of carbonyl (C=O) groups is 3. The van der Waals surface area contributed by atoms with Crippen LogP contribution in [0, 0.1) is 11.8 Å². The number of nitrogens with zero attached hydrogens (tertiary/aromatic N) is 1. The number of benzene rings is 2. The number of alkyl carbamates (subject to hydrolysis) is 1. The van der Waals surface area contributed by atoms with Gasteiger partial charge in [-0.15, -0.1) is 0 Å². The Morgan fingerprint density at radius 3 is 2.03 bits per heavy atom. The van der Waals surface area contributed by atoms with Gasteiger partial charge in [-0.25, -0.2) is 4.79 Å². The third-order valence-corrected chi connectivity index (χ3v) is 7.66. The van der Waals surface area contributed by atoms with Crippen LogP contribution in [-0.2, 0) is 19.1 Å². The Bertz CT molecular complexity index is 1090. The fourth-order valence-corrected chi connectivity index (χ4v) is 5.43. The van der Waals surface area contributed by atoms with Crippen molar-refractivity contribution in [2.75, 3.05) is 20.8 Å². The quantitative estimate of drug-likeness (QED) is 0.431. The fourth-order valence-electron chi connectivity index (χ4n) is 5.43. The number of amides is 3. The van der Waals surface area contributed by atoms with Gasteiger partial charge >= 0.3 is 6.09 Å². The number of primary amides is 1. The number of nitrogens with two attached hydrogens (primary N) is 1. The molecule has 3 amide bonds. The Kier molecular flexibility index (Phi) is 9.91. The van der Waals surface area contributed by atoms with Crippen molar-refractivity contribution in [2.24, 2.45) is 17.6 Å². The molecule has 0 unspecified atom stereocenters. The number of hydrogen-bond acceptors (Lipinski definition) is 5. The molecule has 8 nitrogen and oxygen atoms in total. The van der Waals surface area contributed by atoms with Crippen LogP contribution in [0.15, 0.2) is 48.5 Å².